The third-order valence-electron chi connectivity index (χ3n) is 3.78. The lowest BCUT2D eigenvalue weighted by Gasteiger charge is -2.19. The summed E-state index contributed by atoms with van der Waals surface area (Å²) < 4.78 is 2.23. The van der Waals surface area contributed by atoms with E-state index in [-0.39, 0.29) is 11.9 Å². The number of fused-ring (bicyclic) bond motifs is 1. The van der Waals surface area contributed by atoms with Crippen LogP contribution in [0.3, 0.4) is 0 Å². The average Bonchev–Trinajstić information content (AvgIpc) is 2.83. The second-order valence-electron chi connectivity index (χ2n) is 5.20. The van der Waals surface area contributed by atoms with Crippen molar-refractivity contribution in [3.05, 3.63) is 53.9 Å². The minimum Gasteiger partial charge on any atom is -0.352 e. The number of aromatic nitrogens is 2. The first-order valence-corrected chi connectivity index (χ1v) is 7.31. The zero-order chi connectivity index (χ0) is 14.8. The molecule has 1 heterocycles. The maximum absolute atomic E-state index is 11.8. The monoisotopic (exact) mass is 281 g/mol. The number of allylic oxidation sites excluding steroid dienone is 2. The van der Waals surface area contributed by atoms with E-state index in [1.807, 2.05) is 44.2 Å². The molecular weight excluding hydrogens is 262 g/mol. The van der Waals surface area contributed by atoms with E-state index in [0.717, 1.165) is 28.9 Å². The Balaban J connectivity index is 1.88. The van der Waals surface area contributed by atoms with Crippen LogP contribution >= 0.6 is 0 Å². The summed E-state index contributed by atoms with van der Waals surface area (Å²) in [6, 6.07) is 8.37. The van der Waals surface area contributed by atoms with Gasteiger partial charge in [-0.1, -0.05) is 30.4 Å². The zero-order valence-electron chi connectivity index (χ0n) is 12.3. The molecule has 4 heteroatoms. The van der Waals surface area contributed by atoms with Gasteiger partial charge in [0.25, 0.3) is 5.91 Å². The molecule has 0 fully saturated rings. The van der Waals surface area contributed by atoms with Gasteiger partial charge in [0.15, 0.2) is 0 Å². The third-order valence-corrected chi connectivity index (χ3v) is 3.78. The number of aryl methyl sites for hydroxylation is 1. The highest BCUT2D eigenvalue weighted by molar-refractivity contribution is 5.96. The number of rotatable bonds is 3. The first-order chi connectivity index (χ1) is 10.2. The molecule has 4 nitrogen and oxygen atoms in total. The standard InChI is InChI=1S/C17H19N3O/c1-3-18-17(21)13-8-10-14(11-9-13)20-12(2)19-15-6-4-5-7-16(15)20/h4-10,14H,3,11H2,1-2H3,(H,18,21). The van der Waals surface area contributed by atoms with E-state index in [0.29, 0.717) is 6.54 Å². The van der Waals surface area contributed by atoms with Crippen molar-refractivity contribution in [1.82, 2.24) is 14.9 Å². The normalized spacial score (nSPS) is 17.8. The number of nitrogens with zero attached hydrogens (tertiary/aromatic N) is 2. The van der Waals surface area contributed by atoms with Crippen LogP contribution in [0.4, 0.5) is 0 Å². The SMILES string of the molecule is CCNC(=O)C1=CCC(n2c(C)nc3ccccc32)C=C1. The molecule has 1 aliphatic carbocycles. The molecule has 0 spiro atoms. The minimum absolute atomic E-state index is 0.000545. The highest BCUT2D eigenvalue weighted by Gasteiger charge is 2.18. The number of nitrogens with one attached hydrogen (secondary N) is 1. The topological polar surface area (TPSA) is 46.9 Å². The molecule has 0 radical (unpaired) electrons. The fourth-order valence-electron chi connectivity index (χ4n) is 2.82. The van der Waals surface area contributed by atoms with Crippen molar-refractivity contribution >= 4 is 16.9 Å². The summed E-state index contributed by atoms with van der Waals surface area (Å²) in [6.45, 7) is 4.60. The van der Waals surface area contributed by atoms with Crippen LogP contribution in [0.2, 0.25) is 0 Å². The Morgan fingerprint density at radius 2 is 2.24 bits per heavy atom. The third kappa shape index (κ3) is 2.49. The molecule has 1 unspecified atom stereocenters. The van der Waals surface area contributed by atoms with Gasteiger partial charge in [-0.2, -0.15) is 0 Å². The van der Waals surface area contributed by atoms with Gasteiger partial charge in [0.05, 0.1) is 17.1 Å². The molecule has 1 aromatic carbocycles. The molecule has 1 atom stereocenters. The van der Waals surface area contributed by atoms with E-state index in [1.165, 1.54) is 0 Å². The van der Waals surface area contributed by atoms with Gasteiger partial charge in [0.2, 0.25) is 0 Å². The minimum atomic E-state index is -0.000545. The average molecular weight is 281 g/mol. The molecule has 1 aromatic heterocycles. The fourth-order valence-corrected chi connectivity index (χ4v) is 2.82. The van der Waals surface area contributed by atoms with Crippen molar-refractivity contribution in [3.63, 3.8) is 0 Å². The Hall–Kier alpha value is -2.36. The van der Waals surface area contributed by atoms with Crippen LogP contribution in [0.1, 0.15) is 25.2 Å². The van der Waals surface area contributed by atoms with Crippen LogP contribution in [-0.4, -0.2) is 22.0 Å². The Labute approximate surface area is 124 Å². The smallest absolute Gasteiger partial charge is 0.250 e. The number of carbonyl (C=O) groups excluding carboxylic acids is 1. The lowest BCUT2D eigenvalue weighted by Crippen LogP contribution is -2.25. The maximum Gasteiger partial charge on any atom is 0.250 e. The Bertz CT molecular complexity index is 740. The first-order valence-electron chi connectivity index (χ1n) is 7.31. The van der Waals surface area contributed by atoms with Gasteiger partial charge in [-0.05, 0) is 32.4 Å². The van der Waals surface area contributed by atoms with E-state index < -0.39 is 0 Å². The molecule has 0 saturated heterocycles. The highest BCUT2D eigenvalue weighted by Crippen LogP contribution is 2.27. The van der Waals surface area contributed by atoms with Crippen LogP contribution in [-0.2, 0) is 4.79 Å². The lowest BCUT2D eigenvalue weighted by atomic mass is 10.0. The van der Waals surface area contributed by atoms with E-state index in [9.17, 15) is 4.79 Å². The van der Waals surface area contributed by atoms with E-state index >= 15 is 0 Å². The van der Waals surface area contributed by atoms with E-state index in [1.54, 1.807) is 0 Å². The number of imidazole rings is 1. The van der Waals surface area contributed by atoms with Gasteiger partial charge >= 0.3 is 0 Å². The summed E-state index contributed by atoms with van der Waals surface area (Å²) in [5.74, 6) is 1.00. The van der Waals surface area contributed by atoms with E-state index in [4.69, 9.17) is 0 Å². The zero-order valence-corrected chi connectivity index (χ0v) is 12.3. The molecule has 108 valence electrons. The van der Waals surface area contributed by atoms with Crippen LogP contribution in [0.25, 0.3) is 11.0 Å². The summed E-state index contributed by atoms with van der Waals surface area (Å²) >= 11 is 0. The molecule has 0 aliphatic heterocycles. The number of carbonyl (C=O) groups is 1. The number of amides is 1. The quantitative estimate of drug-likeness (QED) is 0.940. The van der Waals surface area contributed by atoms with Crippen LogP contribution in [0.15, 0.2) is 48.1 Å². The predicted molar refractivity (Wildman–Crippen MR) is 84.0 cm³/mol. The largest absolute Gasteiger partial charge is 0.352 e. The lowest BCUT2D eigenvalue weighted by molar-refractivity contribution is -0.117. The summed E-state index contributed by atoms with van der Waals surface area (Å²) in [5, 5.41) is 2.83. The fraction of sp³-hybridized carbons (Fsp3) is 0.294. The summed E-state index contributed by atoms with van der Waals surface area (Å²) in [4.78, 5) is 16.4. The van der Waals surface area contributed by atoms with Crippen LogP contribution < -0.4 is 5.32 Å². The van der Waals surface area contributed by atoms with Crippen molar-refractivity contribution in [2.45, 2.75) is 26.3 Å². The molecule has 2 aromatic rings. The molecule has 1 amide bonds. The van der Waals surface area contributed by atoms with Crippen molar-refractivity contribution in [2.24, 2.45) is 0 Å². The second kappa shape index (κ2) is 5.56. The summed E-state index contributed by atoms with van der Waals surface area (Å²) in [6.07, 6.45) is 6.81. The molecule has 0 bridgehead atoms. The number of para-hydroxylation sites is 2. The Morgan fingerprint density at radius 1 is 1.43 bits per heavy atom. The molecule has 1 N–H and O–H groups in total. The van der Waals surface area contributed by atoms with Crippen molar-refractivity contribution in [1.29, 1.82) is 0 Å². The second-order valence-corrected chi connectivity index (χ2v) is 5.20. The van der Waals surface area contributed by atoms with Gasteiger partial charge < -0.3 is 9.88 Å². The van der Waals surface area contributed by atoms with Crippen molar-refractivity contribution in [2.75, 3.05) is 6.54 Å². The summed E-state index contributed by atoms with van der Waals surface area (Å²) in [7, 11) is 0. The van der Waals surface area contributed by atoms with Crippen molar-refractivity contribution in [3.8, 4) is 0 Å². The number of benzene rings is 1. The van der Waals surface area contributed by atoms with Gasteiger partial charge in [-0.3, -0.25) is 4.79 Å². The predicted octanol–water partition coefficient (Wildman–Crippen LogP) is 2.91. The van der Waals surface area contributed by atoms with Crippen LogP contribution in [0.5, 0.6) is 0 Å². The van der Waals surface area contributed by atoms with E-state index in [2.05, 4.69) is 27.0 Å². The van der Waals surface area contributed by atoms with Gasteiger partial charge in [-0.15, -0.1) is 0 Å². The highest BCUT2D eigenvalue weighted by atomic mass is 16.1. The Morgan fingerprint density at radius 3 is 2.95 bits per heavy atom. The summed E-state index contributed by atoms with van der Waals surface area (Å²) in [5.41, 5.74) is 2.90. The molecular formula is C17H19N3O. The van der Waals surface area contributed by atoms with Crippen LogP contribution in [0, 0.1) is 6.92 Å². The molecule has 1 aliphatic rings. The number of hydrogen-bond acceptors (Lipinski definition) is 2. The van der Waals surface area contributed by atoms with Crippen molar-refractivity contribution < 1.29 is 4.79 Å². The van der Waals surface area contributed by atoms with Gasteiger partial charge in [-0.25, -0.2) is 4.98 Å². The Kier molecular flexibility index (Phi) is 3.60. The molecule has 3 rings (SSSR count). The number of likely N-dealkylation sites (N-methyl/N-ethyl adjacent to an activating group) is 1. The first kappa shape index (κ1) is 13.6. The molecule has 0 saturated carbocycles. The van der Waals surface area contributed by atoms with Gasteiger partial charge in [0.1, 0.15) is 5.82 Å². The maximum atomic E-state index is 11.8. The number of hydrogen-bond donors (Lipinski definition) is 1. The molecule has 21 heavy (non-hydrogen) atoms. The van der Waals surface area contributed by atoms with Gasteiger partial charge in [0, 0.05) is 12.1 Å².